The Labute approximate surface area is 184 Å². The topological polar surface area (TPSA) is 85.9 Å². The Kier molecular flexibility index (Phi) is 8.94. The third-order valence-corrected chi connectivity index (χ3v) is 5.88. The molecule has 1 fully saturated rings. The molecule has 0 amide bonds. The van der Waals surface area contributed by atoms with E-state index >= 15 is 0 Å². The van der Waals surface area contributed by atoms with E-state index in [-0.39, 0.29) is 12.5 Å². The van der Waals surface area contributed by atoms with Gasteiger partial charge in [0.2, 0.25) is 0 Å². The van der Waals surface area contributed by atoms with Gasteiger partial charge in [-0.25, -0.2) is 4.98 Å². The van der Waals surface area contributed by atoms with Crippen molar-refractivity contribution >= 4 is 11.7 Å². The van der Waals surface area contributed by atoms with Crippen LogP contribution >= 0.6 is 0 Å². The lowest BCUT2D eigenvalue weighted by atomic mass is 9.82. The van der Waals surface area contributed by atoms with E-state index in [1.165, 1.54) is 24.8 Å². The van der Waals surface area contributed by atoms with Gasteiger partial charge in [0, 0.05) is 24.7 Å². The van der Waals surface area contributed by atoms with Gasteiger partial charge in [-0.15, -0.1) is 0 Å². The summed E-state index contributed by atoms with van der Waals surface area (Å²) >= 11 is 0. The number of benzene rings is 1. The maximum atomic E-state index is 10.7. The van der Waals surface area contributed by atoms with Crippen LogP contribution in [0, 0.1) is 5.92 Å². The largest absolute Gasteiger partial charge is 0.497 e. The van der Waals surface area contributed by atoms with Crippen LogP contribution in [0.25, 0.3) is 0 Å². The van der Waals surface area contributed by atoms with Gasteiger partial charge < -0.3 is 19.2 Å². The van der Waals surface area contributed by atoms with Gasteiger partial charge in [-0.05, 0) is 49.8 Å². The van der Waals surface area contributed by atoms with Gasteiger partial charge >= 0.3 is 5.97 Å². The van der Waals surface area contributed by atoms with E-state index in [0.717, 1.165) is 30.7 Å². The number of carboxylic acids is 1. The highest BCUT2D eigenvalue weighted by molar-refractivity contribution is 5.90. The summed E-state index contributed by atoms with van der Waals surface area (Å²) in [7, 11) is 1.67. The molecule has 1 aromatic heterocycles. The van der Waals surface area contributed by atoms with Crippen LogP contribution in [0.1, 0.15) is 63.0 Å². The highest BCUT2D eigenvalue weighted by Crippen LogP contribution is 2.31. The predicted molar refractivity (Wildman–Crippen MR) is 119 cm³/mol. The number of oxime groups is 1. The summed E-state index contributed by atoms with van der Waals surface area (Å²) in [6, 6.07) is 8.17. The Morgan fingerprint density at radius 1 is 1.23 bits per heavy atom. The van der Waals surface area contributed by atoms with E-state index < -0.39 is 5.97 Å². The van der Waals surface area contributed by atoms with Crippen molar-refractivity contribution in [3.63, 3.8) is 0 Å². The first-order chi connectivity index (χ1) is 15.2. The number of carbonyl (C=O) groups is 1. The Bertz CT molecular complexity index is 812. The molecule has 2 aromatic rings. The van der Waals surface area contributed by atoms with Gasteiger partial charge in [0.15, 0.2) is 0 Å². The summed E-state index contributed by atoms with van der Waals surface area (Å²) < 4.78 is 7.41. The zero-order chi connectivity index (χ0) is 21.9. The fraction of sp³-hybridized carbons (Fsp3) is 0.542. The highest BCUT2D eigenvalue weighted by atomic mass is 16.6. The Hall–Kier alpha value is -2.83. The molecule has 1 unspecified atom stereocenters. The van der Waals surface area contributed by atoms with Crippen LogP contribution in [0.3, 0.4) is 0 Å². The van der Waals surface area contributed by atoms with E-state index in [9.17, 15) is 4.79 Å². The Morgan fingerprint density at radius 3 is 2.65 bits per heavy atom. The molecule has 0 saturated heterocycles. The molecule has 7 heteroatoms. The van der Waals surface area contributed by atoms with E-state index in [0.29, 0.717) is 25.4 Å². The smallest absolute Gasteiger partial charge is 0.303 e. The van der Waals surface area contributed by atoms with Crippen LogP contribution in [0.2, 0.25) is 0 Å². The molecule has 1 aliphatic rings. The molecule has 0 spiro atoms. The van der Waals surface area contributed by atoms with Crippen LogP contribution in [0.4, 0.5) is 0 Å². The van der Waals surface area contributed by atoms with Crippen molar-refractivity contribution in [1.82, 2.24) is 9.55 Å². The molecule has 0 aliphatic heterocycles. The number of imidazole rings is 1. The molecule has 1 aliphatic carbocycles. The molecule has 31 heavy (non-hydrogen) atoms. The molecule has 1 aromatic carbocycles. The average molecular weight is 428 g/mol. The quantitative estimate of drug-likeness (QED) is 0.296. The molecular weight excluding hydrogens is 394 g/mol. The number of unbranched alkanes of at least 4 members (excludes halogenated alkanes) is 1. The second kappa shape index (κ2) is 12.1. The van der Waals surface area contributed by atoms with Crippen molar-refractivity contribution < 1.29 is 19.5 Å². The summed E-state index contributed by atoms with van der Waals surface area (Å²) in [6.45, 7) is 0.433. The summed E-state index contributed by atoms with van der Waals surface area (Å²) in [5.74, 6) is 0.457. The van der Waals surface area contributed by atoms with Crippen molar-refractivity contribution in [3.8, 4) is 5.75 Å². The number of carboxylic acid groups (broad SMARTS) is 1. The molecule has 0 radical (unpaired) electrons. The van der Waals surface area contributed by atoms with Gasteiger partial charge in [0.05, 0.1) is 25.2 Å². The highest BCUT2D eigenvalue weighted by Gasteiger charge is 2.28. The second-order valence-electron chi connectivity index (χ2n) is 8.11. The molecule has 3 rings (SSSR count). The van der Waals surface area contributed by atoms with Crippen LogP contribution in [0.15, 0.2) is 48.1 Å². The normalized spacial score (nSPS) is 16.1. The van der Waals surface area contributed by atoms with Crippen LogP contribution in [-0.4, -0.2) is 40.1 Å². The van der Waals surface area contributed by atoms with Gasteiger partial charge in [0.1, 0.15) is 12.4 Å². The van der Waals surface area contributed by atoms with Crippen molar-refractivity contribution in [2.75, 3.05) is 13.7 Å². The van der Waals surface area contributed by atoms with Crippen LogP contribution in [-0.2, 0) is 16.1 Å². The lowest BCUT2D eigenvalue weighted by molar-refractivity contribution is -0.137. The molecular formula is C24H33N3O4. The first-order valence-electron chi connectivity index (χ1n) is 11.2. The summed E-state index contributed by atoms with van der Waals surface area (Å²) in [5.41, 5.74) is 2.26. The van der Waals surface area contributed by atoms with Crippen molar-refractivity contribution in [1.29, 1.82) is 0 Å². The minimum absolute atomic E-state index is 0.0259. The summed E-state index contributed by atoms with van der Waals surface area (Å²) in [6.07, 6.45) is 13.8. The molecule has 1 heterocycles. The van der Waals surface area contributed by atoms with Gasteiger partial charge in [-0.2, -0.15) is 0 Å². The number of methoxy groups -OCH3 is 1. The summed E-state index contributed by atoms with van der Waals surface area (Å²) in [4.78, 5) is 20.7. The standard InChI is InChI=1S/C24H33N3O4/c1-30-21-12-10-19(11-13-21)17-22(27-15-14-25-18-27)24(20-7-3-2-4-8-20)26-31-16-6-5-9-23(28)29/h10-15,18,20,22H,2-9,16-17H2,1H3,(H,28,29)/b26-24-. The number of nitrogens with zero attached hydrogens (tertiary/aromatic N) is 3. The van der Waals surface area contributed by atoms with Gasteiger partial charge in [-0.3, -0.25) is 4.79 Å². The lowest BCUT2D eigenvalue weighted by Crippen LogP contribution is -2.29. The van der Waals surface area contributed by atoms with Gasteiger partial charge in [0.25, 0.3) is 0 Å². The van der Waals surface area contributed by atoms with E-state index in [4.69, 9.17) is 14.7 Å². The van der Waals surface area contributed by atoms with Crippen LogP contribution in [0.5, 0.6) is 5.75 Å². The number of hydrogen-bond donors (Lipinski definition) is 1. The maximum Gasteiger partial charge on any atom is 0.303 e. The average Bonchev–Trinajstić information content (AvgIpc) is 3.33. The maximum absolute atomic E-state index is 10.7. The fourth-order valence-electron chi connectivity index (χ4n) is 4.17. The number of aromatic nitrogens is 2. The first-order valence-corrected chi connectivity index (χ1v) is 11.2. The first kappa shape index (κ1) is 22.8. The van der Waals surface area contributed by atoms with Gasteiger partial charge in [-0.1, -0.05) is 36.6 Å². The third kappa shape index (κ3) is 7.12. The molecule has 7 nitrogen and oxygen atoms in total. The monoisotopic (exact) mass is 427 g/mol. The van der Waals surface area contributed by atoms with Crippen molar-refractivity contribution in [2.45, 2.75) is 63.8 Å². The Morgan fingerprint density at radius 2 is 2.00 bits per heavy atom. The molecule has 1 N–H and O–H groups in total. The minimum Gasteiger partial charge on any atom is -0.497 e. The number of ether oxygens (including phenoxy) is 1. The van der Waals surface area contributed by atoms with E-state index in [1.54, 1.807) is 13.3 Å². The lowest BCUT2D eigenvalue weighted by Gasteiger charge is -2.29. The molecule has 168 valence electrons. The summed E-state index contributed by atoms with van der Waals surface area (Å²) in [5, 5.41) is 13.4. The SMILES string of the molecule is COc1ccc(CC(/C(=N\OCCCCC(=O)O)C2CCCCC2)n2ccnc2)cc1. The van der Waals surface area contributed by atoms with E-state index in [1.807, 2.05) is 24.7 Å². The molecule has 0 bridgehead atoms. The second-order valence-corrected chi connectivity index (χ2v) is 8.11. The number of hydrogen-bond acceptors (Lipinski definition) is 5. The zero-order valence-corrected chi connectivity index (χ0v) is 18.3. The van der Waals surface area contributed by atoms with Crippen molar-refractivity contribution in [2.24, 2.45) is 11.1 Å². The van der Waals surface area contributed by atoms with E-state index in [2.05, 4.69) is 26.8 Å². The molecule has 1 saturated carbocycles. The van der Waals surface area contributed by atoms with Crippen molar-refractivity contribution in [3.05, 3.63) is 48.5 Å². The number of aliphatic carboxylic acids is 1. The third-order valence-electron chi connectivity index (χ3n) is 5.88. The predicted octanol–water partition coefficient (Wildman–Crippen LogP) is 4.88. The number of rotatable bonds is 12. The zero-order valence-electron chi connectivity index (χ0n) is 18.3. The Balaban J connectivity index is 1.78. The fourth-order valence-corrected chi connectivity index (χ4v) is 4.17. The minimum atomic E-state index is -0.772. The van der Waals surface area contributed by atoms with Crippen LogP contribution < -0.4 is 4.74 Å². The molecule has 1 atom stereocenters.